The van der Waals surface area contributed by atoms with Gasteiger partial charge in [0.05, 0.1) is 59.1 Å². The van der Waals surface area contributed by atoms with E-state index in [0.717, 1.165) is 28.3 Å². The number of imidazole rings is 1. The summed E-state index contributed by atoms with van der Waals surface area (Å²) in [6.07, 6.45) is 9.66. The fraction of sp³-hybridized carbons (Fsp3) is 0.650. The van der Waals surface area contributed by atoms with E-state index in [1.165, 1.54) is 24.5 Å². The summed E-state index contributed by atoms with van der Waals surface area (Å²) in [6.45, 7) is 18.0. The summed E-state index contributed by atoms with van der Waals surface area (Å²) >= 11 is 1.04. The number of likely N-dealkylation sites (N-methyl/N-ethyl adjacent to an activating group) is 1. The third-order valence-corrected chi connectivity index (χ3v) is 29.0. The number of aryl methyl sites for hydroxylation is 1. The molecule has 0 bridgehead atoms. The van der Waals surface area contributed by atoms with Crippen LogP contribution in [0.3, 0.4) is 0 Å². The number of nitrogens with one attached hydrogen (secondary N) is 17. The van der Waals surface area contributed by atoms with Gasteiger partial charge in [-0.05, 0) is 220 Å². The SMILES string of the molecule is CCc1c2c(nc3ccc(OC(=O)C4CCC(CNC(=O)C5CCC(CN6C(=O)CC(SCC(N)C(=O)NC(C(=O)NC(CCCCN)C(=O)NC(CCCNC(=N)N)C(=O)NCC(=O)NC(CC(C)C)C(=O)NC(CCCCN)C(=O)NC(CC(C)C)C(=O)NC(CCCNC(=N)N)C(=O)NC(Cc7cnc[nH]7)C(=O)NC(C(=O)NC)C(C)C)C(C)C)C6=O)CC5)CC4)cc13)-c1cc3c(c(=O)n1C2)COC(=O)[C@]3(O)CC. The van der Waals surface area contributed by atoms with Crippen molar-refractivity contribution in [2.24, 2.45) is 76.0 Å². The van der Waals surface area contributed by atoms with E-state index in [9.17, 15) is 86.6 Å². The molecular formula is C100H154N26O20S. The predicted molar refractivity (Wildman–Crippen MR) is 548 cm³/mol. The quantitative estimate of drug-likeness (QED) is 0.00601. The van der Waals surface area contributed by atoms with Gasteiger partial charge in [-0.3, -0.25) is 92.4 Å². The van der Waals surface area contributed by atoms with Crippen molar-refractivity contribution in [2.45, 2.75) is 308 Å². The molecule has 6 heterocycles. The number of fused-ring (bicyclic) bond motifs is 5. The van der Waals surface area contributed by atoms with Crippen molar-refractivity contribution in [3.8, 4) is 17.1 Å². The fourth-order valence-electron chi connectivity index (χ4n) is 19.2. The average Bonchev–Trinajstić information content (AvgIpc) is 1.56. The van der Waals surface area contributed by atoms with Crippen LogP contribution in [0.4, 0.5) is 0 Å². The molecule has 4 aromatic rings. The van der Waals surface area contributed by atoms with Crippen LogP contribution in [0, 0.1) is 58.2 Å². The zero-order valence-corrected chi connectivity index (χ0v) is 87.1. The van der Waals surface area contributed by atoms with Crippen molar-refractivity contribution in [1.29, 1.82) is 10.8 Å². The Kier molecular flexibility index (Phi) is 45.2. The second-order valence-electron chi connectivity index (χ2n) is 40.5. The summed E-state index contributed by atoms with van der Waals surface area (Å²) < 4.78 is 12.9. The lowest BCUT2D eigenvalue weighted by Crippen LogP contribution is -2.60. The number of hydrogen-bond acceptors (Lipinski definition) is 28. The highest BCUT2D eigenvalue weighted by Crippen LogP contribution is 2.42. The van der Waals surface area contributed by atoms with Gasteiger partial charge >= 0.3 is 11.9 Å². The molecule has 147 heavy (non-hydrogen) atoms. The maximum Gasteiger partial charge on any atom is 0.343 e. The number of unbranched alkanes of at least 4 members (excludes halogenated alkanes) is 2. The number of carbonyl (C=O) groups is 16. The minimum atomic E-state index is -1.96. The maximum atomic E-state index is 14.7. The van der Waals surface area contributed by atoms with E-state index in [2.05, 4.69) is 84.4 Å². The Bertz CT molecular complexity index is 5390. The Hall–Kier alpha value is -12.8. The lowest BCUT2D eigenvalue weighted by Gasteiger charge is -2.31. The van der Waals surface area contributed by atoms with Crippen molar-refractivity contribution < 1.29 is 91.3 Å². The number of esters is 2. The molecule has 28 N–H and O–H groups in total. The summed E-state index contributed by atoms with van der Waals surface area (Å²) in [5, 5.41) is 64.7. The number of carbonyl (C=O) groups excluding carboxylic acids is 16. The van der Waals surface area contributed by atoms with Crippen molar-refractivity contribution in [3.05, 3.63) is 75.1 Å². The molecule has 2 aliphatic carbocycles. The standard InChI is InChI=1S/C100H154N26O20S/c1-12-62-63-41-61(32-33-68(63)116-82-64(62)48-125-76(82)42-66-65(94(125)140)49-145-97(143)100(66,144)13-2)146-96(142)59-30-24-56(25-31-59)44-112-83(129)58-28-26-57(27-29-58)47-126-79(128)43-77(95(126)141)147-50-67(103)84(130)123-81(55(9)10)93(139)120-71(21-15-17-35-102)86(132)117-69(22-18-36-110-98(104)105)85(131)113-46-78(127)115-73(38-52(3)4)89(135)118-70(20-14-16-34-101)87(133)121-74(39-53(5)6)90(136)119-72(23-19-37-111-99(106)107)88(134)122-75(40-60-45-109-51-114-60)91(137)124-80(54(7)8)92(138)108-11/h32-33,41-42,45,51-59,67,69-75,77,80-81,144H,12-31,34-40,43-44,46-50,101-103H2,1-11H3,(H,108,138)(H,109,114)(H,112,129)(H,113,131)(H,115,127)(H,117,132)(H,118,135)(H,119,136)(H,120,139)(H,121,133)(H,122,134)(H,123,130)(H,124,137)(H4,104,105,110)(H4,106,107,111)/t56?,57?,58?,59?,67?,69?,70?,71?,72?,73?,74?,75?,77?,80?,81?,100-/m0/s1. The molecular weight excluding hydrogens is 1920 g/mol. The number of pyridine rings is 2. The molecule has 3 aliphatic heterocycles. The molecule has 0 spiro atoms. The van der Waals surface area contributed by atoms with Crippen LogP contribution in [0.1, 0.15) is 238 Å². The first-order chi connectivity index (χ1) is 69.9. The second kappa shape index (κ2) is 56.4. The number of benzene rings is 1. The van der Waals surface area contributed by atoms with E-state index in [4.69, 9.17) is 53.9 Å². The van der Waals surface area contributed by atoms with Gasteiger partial charge in [0, 0.05) is 86.1 Å². The van der Waals surface area contributed by atoms with E-state index >= 15 is 0 Å². The highest BCUT2D eigenvalue weighted by Gasteiger charge is 2.48. The average molecular weight is 2070 g/mol. The number of H-pyrrole nitrogens is 1. The lowest BCUT2D eigenvalue weighted by atomic mass is 9.80. The van der Waals surface area contributed by atoms with Gasteiger partial charge in [0.15, 0.2) is 17.5 Å². The number of imide groups is 1. The predicted octanol–water partition coefficient (Wildman–Crippen LogP) is -0.156. The highest BCUT2D eigenvalue weighted by molar-refractivity contribution is 8.00. The number of likely N-dealkylation sites (tertiary alicyclic amines) is 1. The monoisotopic (exact) mass is 2070 g/mol. The Balaban J connectivity index is 0.733. The summed E-state index contributed by atoms with van der Waals surface area (Å²) in [5.74, 6) is -13.1. The first-order valence-corrected chi connectivity index (χ1v) is 52.5. The zero-order valence-electron chi connectivity index (χ0n) is 86.3. The van der Waals surface area contributed by atoms with Crippen molar-refractivity contribution in [2.75, 3.05) is 58.6 Å². The van der Waals surface area contributed by atoms with Crippen LogP contribution < -0.4 is 113 Å². The number of nitrogens with two attached hydrogens (primary N) is 5. The summed E-state index contributed by atoms with van der Waals surface area (Å²) in [4.78, 5) is 251. The number of cyclic esters (lactones) is 1. The largest absolute Gasteiger partial charge is 0.458 e. The number of nitrogens with zero attached hydrogens (tertiary/aromatic N) is 4. The molecule has 46 nitrogen and oxygen atoms in total. The topological polar surface area (TPSA) is 725 Å². The maximum absolute atomic E-state index is 14.7. The number of aromatic amines is 1. The Labute approximate surface area is 860 Å². The summed E-state index contributed by atoms with van der Waals surface area (Å²) in [6, 6.07) is -6.00. The number of rotatable bonds is 57. The summed E-state index contributed by atoms with van der Waals surface area (Å²) in [7, 11) is 1.42. The Morgan fingerprint density at radius 1 is 0.599 bits per heavy atom. The highest BCUT2D eigenvalue weighted by atomic mass is 32.2. The van der Waals surface area contributed by atoms with Crippen LogP contribution in [0.25, 0.3) is 22.3 Å². The molecule has 11 unspecified atom stereocenters. The minimum absolute atomic E-state index is 0.00350. The third-order valence-electron chi connectivity index (χ3n) is 27.6. The van der Waals surface area contributed by atoms with Crippen LogP contribution in [0.15, 0.2) is 41.6 Å². The van der Waals surface area contributed by atoms with E-state index < -0.39 is 161 Å². The number of aliphatic hydroxyl groups is 1. The molecule has 9 rings (SSSR count). The fourth-order valence-corrected chi connectivity index (χ4v) is 20.3. The van der Waals surface area contributed by atoms with Crippen LogP contribution in [-0.2, 0) is 113 Å². The normalized spacial score (nSPS) is 19.4. The number of amides is 14. The van der Waals surface area contributed by atoms with E-state index in [1.54, 1.807) is 91.1 Å². The Morgan fingerprint density at radius 2 is 1.12 bits per heavy atom. The smallest absolute Gasteiger partial charge is 0.343 e. The van der Waals surface area contributed by atoms with Gasteiger partial charge in [0.2, 0.25) is 82.7 Å². The third kappa shape index (κ3) is 33.4. The van der Waals surface area contributed by atoms with E-state index in [1.807, 2.05) is 6.92 Å². The van der Waals surface area contributed by atoms with Crippen molar-refractivity contribution in [1.82, 2.24) is 98.9 Å². The molecule has 2 saturated carbocycles. The van der Waals surface area contributed by atoms with Gasteiger partial charge in [-0.2, -0.15) is 0 Å². The first-order valence-electron chi connectivity index (χ1n) is 51.5. The molecule has 3 fully saturated rings. The molecule has 1 aromatic carbocycles. The van der Waals surface area contributed by atoms with Crippen LogP contribution in [0.5, 0.6) is 5.75 Å². The molecule has 0 radical (unpaired) electrons. The number of aromatic nitrogens is 4. The van der Waals surface area contributed by atoms with Crippen LogP contribution >= 0.6 is 11.8 Å². The number of ether oxygens (including phenoxy) is 2. The molecule has 12 atom stereocenters. The van der Waals surface area contributed by atoms with Gasteiger partial charge < -0.3 is 127 Å². The van der Waals surface area contributed by atoms with Gasteiger partial charge in [0.25, 0.3) is 5.56 Å². The number of guanidine groups is 2. The molecule has 810 valence electrons. The minimum Gasteiger partial charge on any atom is -0.458 e. The zero-order chi connectivity index (χ0) is 108. The molecule has 5 aliphatic rings. The van der Waals surface area contributed by atoms with Gasteiger partial charge in [-0.1, -0.05) is 69.2 Å². The van der Waals surface area contributed by atoms with Crippen LogP contribution in [0.2, 0.25) is 0 Å². The molecule has 3 aromatic heterocycles. The molecule has 47 heteroatoms. The van der Waals surface area contributed by atoms with Gasteiger partial charge in [-0.15, -0.1) is 11.8 Å². The lowest BCUT2D eigenvalue weighted by molar-refractivity contribution is -0.172. The molecule has 1 saturated heterocycles. The van der Waals surface area contributed by atoms with Crippen molar-refractivity contribution in [3.63, 3.8) is 0 Å². The second-order valence-corrected chi connectivity index (χ2v) is 41.7. The van der Waals surface area contributed by atoms with Gasteiger partial charge in [0.1, 0.15) is 66.7 Å². The van der Waals surface area contributed by atoms with Gasteiger partial charge in [-0.25, -0.2) is 14.8 Å². The van der Waals surface area contributed by atoms with E-state index in [-0.39, 0.29) is 210 Å². The number of hydrogen-bond donors (Lipinski definition) is 23. The molecule has 14 amide bonds. The van der Waals surface area contributed by atoms with Crippen LogP contribution in [-0.4, -0.2) is 260 Å². The number of thioether (sulfide) groups is 1. The first kappa shape index (κ1) is 118. The summed E-state index contributed by atoms with van der Waals surface area (Å²) in [5.41, 5.74) is 31.4. The Morgan fingerprint density at radius 3 is 1.65 bits per heavy atom. The van der Waals surface area contributed by atoms with Crippen molar-refractivity contribution >= 4 is 129 Å². The van der Waals surface area contributed by atoms with E-state index in [0.29, 0.717) is 118 Å².